The van der Waals surface area contributed by atoms with Crippen molar-refractivity contribution in [3.63, 3.8) is 0 Å². The van der Waals surface area contributed by atoms with Crippen LogP contribution in [-0.4, -0.2) is 23.0 Å². The highest BCUT2D eigenvalue weighted by atomic mass is 19.1. The third-order valence-corrected chi connectivity index (χ3v) is 2.48. The first-order valence-corrected chi connectivity index (χ1v) is 5.97. The SMILES string of the molecule is Cc1cc(F)ccc1NC(=O)NC(=O)CCCC(=O)O. The van der Waals surface area contributed by atoms with E-state index in [0.29, 0.717) is 11.3 Å². The number of carboxylic acids is 1. The number of aryl methyl sites for hydroxylation is 1. The zero-order chi connectivity index (χ0) is 15.1. The van der Waals surface area contributed by atoms with E-state index in [4.69, 9.17) is 5.11 Å². The van der Waals surface area contributed by atoms with Crippen LogP contribution in [0.3, 0.4) is 0 Å². The molecule has 0 spiro atoms. The number of carbonyl (C=O) groups is 3. The maximum atomic E-state index is 12.9. The fraction of sp³-hybridized carbons (Fsp3) is 0.308. The van der Waals surface area contributed by atoms with Crippen molar-refractivity contribution >= 4 is 23.6 Å². The summed E-state index contributed by atoms with van der Waals surface area (Å²) < 4.78 is 12.9. The van der Waals surface area contributed by atoms with Gasteiger partial charge in [0.2, 0.25) is 5.91 Å². The summed E-state index contributed by atoms with van der Waals surface area (Å²) in [4.78, 5) is 33.1. The van der Waals surface area contributed by atoms with Gasteiger partial charge in [-0.3, -0.25) is 14.9 Å². The van der Waals surface area contributed by atoms with Gasteiger partial charge in [0.1, 0.15) is 5.82 Å². The summed E-state index contributed by atoms with van der Waals surface area (Å²) >= 11 is 0. The van der Waals surface area contributed by atoms with Gasteiger partial charge < -0.3 is 10.4 Å². The number of amides is 3. The third kappa shape index (κ3) is 5.47. The highest BCUT2D eigenvalue weighted by Crippen LogP contribution is 2.15. The molecule has 6 nitrogen and oxygen atoms in total. The number of nitrogens with one attached hydrogen (secondary N) is 2. The van der Waals surface area contributed by atoms with Crippen LogP contribution in [0, 0.1) is 12.7 Å². The number of carboxylic acid groups (broad SMARTS) is 1. The fourth-order valence-electron chi connectivity index (χ4n) is 1.51. The number of hydrogen-bond donors (Lipinski definition) is 3. The molecule has 0 aliphatic heterocycles. The van der Waals surface area contributed by atoms with E-state index in [0.717, 1.165) is 0 Å². The first kappa shape index (κ1) is 15.6. The molecule has 1 rings (SSSR count). The number of carbonyl (C=O) groups excluding carboxylic acids is 2. The average Bonchev–Trinajstić information content (AvgIpc) is 2.32. The van der Waals surface area contributed by atoms with Crippen LogP contribution >= 0.6 is 0 Å². The van der Waals surface area contributed by atoms with Crippen molar-refractivity contribution in [2.45, 2.75) is 26.2 Å². The number of anilines is 1. The summed E-state index contributed by atoms with van der Waals surface area (Å²) in [5.74, 6) is -1.98. The molecule has 0 aliphatic carbocycles. The fourth-order valence-corrected chi connectivity index (χ4v) is 1.51. The van der Waals surface area contributed by atoms with Crippen molar-refractivity contribution < 1.29 is 23.9 Å². The summed E-state index contributed by atoms with van der Waals surface area (Å²) in [6.07, 6.45) is -0.0295. The summed E-state index contributed by atoms with van der Waals surface area (Å²) in [5, 5.41) is 12.9. The molecule has 0 radical (unpaired) electrons. The summed E-state index contributed by atoms with van der Waals surface area (Å²) in [6, 6.07) is 3.10. The number of imide groups is 1. The highest BCUT2D eigenvalue weighted by molar-refractivity contribution is 6.01. The highest BCUT2D eigenvalue weighted by Gasteiger charge is 2.10. The molecule has 0 unspecified atom stereocenters. The van der Waals surface area contributed by atoms with Crippen LogP contribution in [0.2, 0.25) is 0 Å². The lowest BCUT2D eigenvalue weighted by Gasteiger charge is -2.09. The Balaban J connectivity index is 2.43. The molecule has 0 fully saturated rings. The standard InChI is InChI=1S/C13H15FN2O4/c1-8-7-9(14)5-6-10(8)15-13(20)16-11(17)3-2-4-12(18)19/h5-7H,2-4H2,1H3,(H,18,19)(H2,15,16,17,20). The van der Waals surface area contributed by atoms with Gasteiger partial charge in [0.05, 0.1) is 0 Å². The topological polar surface area (TPSA) is 95.5 Å². The molecule has 0 aliphatic rings. The minimum atomic E-state index is -0.996. The van der Waals surface area contributed by atoms with Crippen molar-refractivity contribution in [1.29, 1.82) is 0 Å². The molecule has 3 amide bonds. The Morgan fingerprint density at radius 3 is 2.55 bits per heavy atom. The lowest BCUT2D eigenvalue weighted by molar-refractivity contribution is -0.137. The summed E-state index contributed by atoms with van der Waals surface area (Å²) in [6.45, 7) is 1.62. The van der Waals surface area contributed by atoms with Crippen molar-refractivity contribution in [1.82, 2.24) is 5.32 Å². The molecule has 7 heteroatoms. The monoisotopic (exact) mass is 282 g/mol. The van der Waals surface area contributed by atoms with Crippen LogP contribution in [0.25, 0.3) is 0 Å². The van der Waals surface area contributed by atoms with E-state index in [-0.39, 0.29) is 19.3 Å². The number of hydrogen-bond acceptors (Lipinski definition) is 3. The van der Waals surface area contributed by atoms with E-state index < -0.39 is 23.7 Å². The van der Waals surface area contributed by atoms with Gasteiger partial charge in [0.15, 0.2) is 0 Å². The lowest BCUT2D eigenvalue weighted by Crippen LogP contribution is -2.34. The van der Waals surface area contributed by atoms with Gasteiger partial charge in [0, 0.05) is 18.5 Å². The van der Waals surface area contributed by atoms with E-state index in [1.165, 1.54) is 18.2 Å². The second kappa shape index (κ2) is 7.22. The van der Waals surface area contributed by atoms with Gasteiger partial charge >= 0.3 is 12.0 Å². The molecule has 3 N–H and O–H groups in total. The molecule has 1 aromatic carbocycles. The minimum Gasteiger partial charge on any atom is -0.481 e. The maximum absolute atomic E-state index is 12.9. The Kier molecular flexibility index (Phi) is 5.64. The summed E-state index contributed by atoms with van der Waals surface area (Å²) in [5.41, 5.74) is 0.917. The second-order valence-corrected chi connectivity index (χ2v) is 4.21. The number of halogens is 1. The molecule has 20 heavy (non-hydrogen) atoms. The van der Waals surface area contributed by atoms with Crippen molar-refractivity contribution in [2.75, 3.05) is 5.32 Å². The maximum Gasteiger partial charge on any atom is 0.325 e. The molecule has 0 aromatic heterocycles. The molecule has 0 heterocycles. The Labute approximate surface area is 115 Å². The van der Waals surface area contributed by atoms with Crippen LogP contribution in [-0.2, 0) is 9.59 Å². The molecule has 1 aromatic rings. The van der Waals surface area contributed by atoms with Crippen molar-refractivity contribution in [3.8, 4) is 0 Å². The zero-order valence-electron chi connectivity index (χ0n) is 10.9. The lowest BCUT2D eigenvalue weighted by atomic mass is 10.2. The number of urea groups is 1. The Morgan fingerprint density at radius 1 is 1.25 bits per heavy atom. The van der Waals surface area contributed by atoms with Crippen LogP contribution in [0.15, 0.2) is 18.2 Å². The number of rotatable bonds is 5. The van der Waals surface area contributed by atoms with Gasteiger partial charge in [-0.2, -0.15) is 0 Å². The van der Waals surface area contributed by atoms with E-state index >= 15 is 0 Å². The van der Waals surface area contributed by atoms with E-state index in [9.17, 15) is 18.8 Å². The third-order valence-electron chi connectivity index (χ3n) is 2.48. The molecule has 0 bridgehead atoms. The molecule has 108 valence electrons. The van der Waals surface area contributed by atoms with E-state index in [1.807, 2.05) is 0 Å². The first-order chi connectivity index (χ1) is 9.38. The van der Waals surface area contributed by atoms with Crippen LogP contribution in [0.1, 0.15) is 24.8 Å². The first-order valence-electron chi connectivity index (χ1n) is 5.97. The van der Waals surface area contributed by atoms with Crippen molar-refractivity contribution in [2.24, 2.45) is 0 Å². The van der Waals surface area contributed by atoms with E-state index in [2.05, 4.69) is 10.6 Å². The van der Waals surface area contributed by atoms with Crippen LogP contribution in [0.5, 0.6) is 0 Å². The zero-order valence-corrected chi connectivity index (χ0v) is 10.9. The average molecular weight is 282 g/mol. The second-order valence-electron chi connectivity index (χ2n) is 4.21. The van der Waals surface area contributed by atoms with Gasteiger partial charge in [-0.25, -0.2) is 9.18 Å². The molecular formula is C13H15FN2O4. The Bertz CT molecular complexity index is 531. The normalized spacial score (nSPS) is 9.90. The van der Waals surface area contributed by atoms with Crippen LogP contribution < -0.4 is 10.6 Å². The summed E-state index contributed by atoms with van der Waals surface area (Å²) in [7, 11) is 0. The van der Waals surface area contributed by atoms with Gasteiger partial charge in [-0.15, -0.1) is 0 Å². The van der Waals surface area contributed by atoms with Crippen molar-refractivity contribution in [3.05, 3.63) is 29.6 Å². The van der Waals surface area contributed by atoms with E-state index in [1.54, 1.807) is 6.92 Å². The molecular weight excluding hydrogens is 267 g/mol. The predicted octanol–water partition coefficient (Wildman–Crippen LogP) is 2.04. The Hall–Kier alpha value is -2.44. The number of aliphatic carboxylic acids is 1. The van der Waals surface area contributed by atoms with Crippen LogP contribution in [0.4, 0.5) is 14.9 Å². The Morgan fingerprint density at radius 2 is 1.95 bits per heavy atom. The molecule has 0 atom stereocenters. The van der Waals surface area contributed by atoms with Gasteiger partial charge in [0.25, 0.3) is 0 Å². The number of benzene rings is 1. The molecule has 0 saturated heterocycles. The minimum absolute atomic E-state index is 0.0535. The van der Waals surface area contributed by atoms with Gasteiger partial charge in [-0.05, 0) is 37.1 Å². The largest absolute Gasteiger partial charge is 0.481 e. The smallest absolute Gasteiger partial charge is 0.325 e. The quantitative estimate of drug-likeness (QED) is 0.770. The molecule has 0 saturated carbocycles. The van der Waals surface area contributed by atoms with Gasteiger partial charge in [-0.1, -0.05) is 0 Å². The predicted molar refractivity (Wildman–Crippen MR) is 69.8 cm³/mol.